The van der Waals surface area contributed by atoms with E-state index < -0.39 is 0 Å². The summed E-state index contributed by atoms with van der Waals surface area (Å²) in [5.74, 6) is 1.99. The summed E-state index contributed by atoms with van der Waals surface area (Å²) in [7, 11) is 1.70. The van der Waals surface area contributed by atoms with Crippen LogP contribution in [0.1, 0.15) is 37.7 Å². The molecule has 0 N–H and O–H groups in total. The van der Waals surface area contributed by atoms with Gasteiger partial charge in [-0.1, -0.05) is 12.1 Å². The van der Waals surface area contributed by atoms with Gasteiger partial charge in [0.1, 0.15) is 11.5 Å². The Morgan fingerprint density at radius 3 is 2.68 bits per heavy atom. The molecule has 2 aliphatic rings. The van der Waals surface area contributed by atoms with Gasteiger partial charge in [-0.25, -0.2) is 4.39 Å². The average molecular weight is 377 g/mol. The van der Waals surface area contributed by atoms with Crippen molar-refractivity contribution >= 4 is 10.9 Å². The third-order valence-electron chi connectivity index (χ3n) is 6.43. The fraction of sp³-hybridized carbons (Fsp3) is 0.375. The minimum atomic E-state index is -0.383. The predicted molar refractivity (Wildman–Crippen MR) is 107 cm³/mol. The summed E-state index contributed by atoms with van der Waals surface area (Å²) < 4.78 is 25.6. The third kappa shape index (κ3) is 3.21. The maximum absolute atomic E-state index is 14.0. The molecule has 2 saturated carbocycles. The van der Waals surface area contributed by atoms with Crippen LogP contribution >= 0.6 is 0 Å². The third-order valence-corrected chi connectivity index (χ3v) is 6.43. The monoisotopic (exact) mass is 377 g/mol. The van der Waals surface area contributed by atoms with E-state index in [1.807, 2.05) is 6.07 Å². The Bertz CT molecular complexity index is 1030. The lowest BCUT2D eigenvalue weighted by molar-refractivity contribution is 0.402. The topological polar surface area (TPSA) is 31.4 Å². The standard InChI is InChI=1S/C24H24FNO2/c1-27-23-14-18-20(13-17(23)12-16-6-8-24(15-16)9-10-24)26-11-7-21(18)28-22-5-3-2-4-19(22)25/h2-5,7,11,13-14,16H,6,8-10,12,15H2,1H3. The molecule has 3 nitrogen and oxygen atoms in total. The molecule has 0 aliphatic heterocycles. The van der Waals surface area contributed by atoms with Crippen molar-refractivity contribution in [2.45, 2.75) is 38.5 Å². The number of nitrogens with zero attached hydrogens (tertiary/aromatic N) is 1. The molecule has 2 fully saturated rings. The molecular formula is C24H24FNO2. The second kappa shape index (κ2) is 6.77. The number of halogens is 1. The van der Waals surface area contributed by atoms with E-state index in [1.54, 1.807) is 37.6 Å². The van der Waals surface area contributed by atoms with E-state index in [2.05, 4.69) is 11.1 Å². The first-order chi connectivity index (χ1) is 13.7. The molecule has 28 heavy (non-hydrogen) atoms. The van der Waals surface area contributed by atoms with E-state index in [0.29, 0.717) is 11.2 Å². The summed E-state index contributed by atoms with van der Waals surface area (Å²) in [4.78, 5) is 4.53. The molecule has 2 aliphatic carbocycles. The maximum Gasteiger partial charge on any atom is 0.165 e. The quantitative estimate of drug-likeness (QED) is 0.523. The number of fused-ring (bicyclic) bond motifs is 1. The molecule has 4 heteroatoms. The number of hydrogen-bond donors (Lipinski definition) is 0. The number of rotatable bonds is 5. The van der Waals surface area contributed by atoms with Crippen molar-refractivity contribution in [3.05, 3.63) is 60.0 Å². The van der Waals surface area contributed by atoms with Crippen LogP contribution in [0.5, 0.6) is 17.2 Å². The zero-order valence-corrected chi connectivity index (χ0v) is 16.1. The summed E-state index contributed by atoms with van der Waals surface area (Å²) in [5, 5.41) is 0.830. The summed E-state index contributed by atoms with van der Waals surface area (Å²) in [6.07, 6.45) is 9.60. The van der Waals surface area contributed by atoms with Crippen LogP contribution in [-0.2, 0) is 6.42 Å². The summed E-state index contributed by atoms with van der Waals surface area (Å²) >= 11 is 0. The number of hydrogen-bond acceptors (Lipinski definition) is 3. The first kappa shape index (κ1) is 17.5. The Hall–Kier alpha value is -2.62. The zero-order chi connectivity index (χ0) is 19.1. The first-order valence-electron chi connectivity index (χ1n) is 10.0. The second-order valence-electron chi connectivity index (χ2n) is 8.34. The maximum atomic E-state index is 14.0. The van der Waals surface area contributed by atoms with Crippen molar-refractivity contribution in [3.63, 3.8) is 0 Å². The van der Waals surface area contributed by atoms with E-state index in [1.165, 1.54) is 43.7 Å². The van der Waals surface area contributed by atoms with Gasteiger partial charge in [0.25, 0.3) is 0 Å². The van der Waals surface area contributed by atoms with E-state index in [4.69, 9.17) is 9.47 Å². The molecule has 0 saturated heterocycles. The summed E-state index contributed by atoms with van der Waals surface area (Å²) in [5.41, 5.74) is 2.73. The molecule has 144 valence electrons. The Morgan fingerprint density at radius 2 is 1.93 bits per heavy atom. The van der Waals surface area contributed by atoms with Crippen molar-refractivity contribution in [2.24, 2.45) is 11.3 Å². The van der Waals surface area contributed by atoms with Gasteiger partial charge < -0.3 is 9.47 Å². The highest BCUT2D eigenvalue weighted by molar-refractivity contribution is 5.87. The molecule has 0 amide bonds. The fourth-order valence-corrected chi connectivity index (χ4v) is 4.72. The molecule has 3 aromatic rings. The van der Waals surface area contributed by atoms with Crippen molar-refractivity contribution < 1.29 is 13.9 Å². The van der Waals surface area contributed by atoms with Gasteiger partial charge in [-0.3, -0.25) is 4.98 Å². The predicted octanol–water partition coefficient (Wildman–Crippen LogP) is 6.30. The SMILES string of the molecule is COc1cc2c(Oc3ccccc3F)ccnc2cc1CC1CCC2(CC2)C1. The minimum Gasteiger partial charge on any atom is -0.496 e. The number of pyridine rings is 1. The minimum absolute atomic E-state index is 0.207. The van der Waals surface area contributed by atoms with Gasteiger partial charge >= 0.3 is 0 Å². The van der Waals surface area contributed by atoms with E-state index >= 15 is 0 Å². The van der Waals surface area contributed by atoms with Gasteiger partial charge in [0, 0.05) is 11.6 Å². The Labute approximate surface area is 164 Å². The molecule has 0 bridgehead atoms. The van der Waals surface area contributed by atoms with Gasteiger partial charge in [-0.05, 0) is 85.8 Å². The number of methoxy groups -OCH3 is 1. The lowest BCUT2D eigenvalue weighted by Crippen LogP contribution is -2.03. The molecule has 1 spiro atoms. The molecule has 1 atom stereocenters. The van der Waals surface area contributed by atoms with Gasteiger partial charge in [0.05, 0.1) is 12.6 Å². The van der Waals surface area contributed by atoms with Crippen LogP contribution < -0.4 is 9.47 Å². The number of ether oxygens (including phenoxy) is 2. The van der Waals surface area contributed by atoms with Gasteiger partial charge in [0.15, 0.2) is 11.6 Å². The van der Waals surface area contributed by atoms with Crippen LogP contribution in [0.15, 0.2) is 48.7 Å². The summed E-state index contributed by atoms with van der Waals surface area (Å²) in [6, 6.07) is 12.3. The van der Waals surface area contributed by atoms with Gasteiger partial charge in [-0.2, -0.15) is 0 Å². The fourth-order valence-electron chi connectivity index (χ4n) is 4.72. The molecule has 1 unspecified atom stereocenters. The Kier molecular flexibility index (Phi) is 4.22. The summed E-state index contributed by atoms with van der Waals surface area (Å²) in [6.45, 7) is 0. The molecular weight excluding hydrogens is 353 g/mol. The van der Waals surface area contributed by atoms with Crippen LogP contribution in [0.4, 0.5) is 4.39 Å². The van der Waals surface area contributed by atoms with E-state index in [9.17, 15) is 4.39 Å². The molecule has 0 radical (unpaired) electrons. The van der Waals surface area contributed by atoms with Crippen molar-refractivity contribution in [2.75, 3.05) is 7.11 Å². The molecule has 1 aromatic heterocycles. The highest BCUT2D eigenvalue weighted by atomic mass is 19.1. The van der Waals surface area contributed by atoms with Crippen LogP contribution in [0.2, 0.25) is 0 Å². The van der Waals surface area contributed by atoms with Crippen molar-refractivity contribution in [1.29, 1.82) is 0 Å². The highest BCUT2D eigenvalue weighted by Gasteiger charge is 2.47. The molecule has 5 rings (SSSR count). The Balaban J connectivity index is 1.48. The second-order valence-corrected chi connectivity index (χ2v) is 8.34. The van der Waals surface area contributed by atoms with Gasteiger partial charge in [0.2, 0.25) is 0 Å². The van der Waals surface area contributed by atoms with E-state index in [0.717, 1.165) is 29.0 Å². The normalized spacial score (nSPS) is 19.9. The smallest absolute Gasteiger partial charge is 0.165 e. The lowest BCUT2D eigenvalue weighted by Gasteiger charge is -2.16. The van der Waals surface area contributed by atoms with Crippen LogP contribution in [0.3, 0.4) is 0 Å². The zero-order valence-electron chi connectivity index (χ0n) is 16.1. The first-order valence-corrected chi connectivity index (χ1v) is 10.0. The largest absolute Gasteiger partial charge is 0.496 e. The van der Waals surface area contributed by atoms with Crippen molar-refractivity contribution in [3.8, 4) is 17.2 Å². The van der Waals surface area contributed by atoms with Crippen LogP contribution in [-0.4, -0.2) is 12.1 Å². The molecule has 2 aromatic carbocycles. The van der Waals surface area contributed by atoms with Crippen LogP contribution in [0, 0.1) is 17.2 Å². The lowest BCUT2D eigenvalue weighted by atomic mass is 9.94. The molecule has 1 heterocycles. The van der Waals surface area contributed by atoms with E-state index in [-0.39, 0.29) is 11.6 Å². The highest BCUT2D eigenvalue weighted by Crippen LogP contribution is 2.60. The number of para-hydroxylation sites is 1. The van der Waals surface area contributed by atoms with Crippen molar-refractivity contribution in [1.82, 2.24) is 4.98 Å². The van der Waals surface area contributed by atoms with Gasteiger partial charge in [-0.15, -0.1) is 0 Å². The average Bonchev–Trinajstić information content (AvgIpc) is 3.35. The number of aromatic nitrogens is 1. The number of benzene rings is 2. The Morgan fingerprint density at radius 1 is 1.07 bits per heavy atom. The van der Waals surface area contributed by atoms with Crippen LogP contribution in [0.25, 0.3) is 10.9 Å².